The van der Waals surface area contributed by atoms with Gasteiger partial charge in [-0.1, -0.05) is 0 Å². The average Bonchev–Trinajstić information content (AvgIpc) is 2.37. The highest BCUT2D eigenvalue weighted by Gasteiger charge is 2.30. The van der Waals surface area contributed by atoms with Crippen LogP contribution in [0.1, 0.15) is 17.7 Å². The molecule has 2 atom stereocenters. The molecule has 0 spiro atoms. The second-order valence-corrected chi connectivity index (χ2v) is 4.45. The molecule has 2 heterocycles. The summed E-state index contributed by atoms with van der Waals surface area (Å²) in [4.78, 5) is 3.75. The Morgan fingerprint density at radius 1 is 1.42 bits per heavy atom. The highest BCUT2D eigenvalue weighted by atomic mass is 19.4. The Labute approximate surface area is 108 Å². The molecule has 4 nitrogen and oxygen atoms in total. The lowest BCUT2D eigenvalue weighted by Crippen LogP contribution is -2.46. The van der Waals surface area contributed by atoms with Crippen LogP contribution in [0.5, 0.6) is 0 Å². The average molecular weight is 276 g/mol. The van der Waals surface area contributed by atoms with Crippen LogP contribution in [-0.4, -0.2) is 35.5 Å². The van der Waals surface area contributed by atoms with Crippen LogP contribution < -0.4 is 5.32 Å². The summed E-state index contributed by atoms with van der Waals surface area (Å²) in [6, 6.07) is 2.11. The van der Waals surface area contributed by atoms with Gasteiger partial charge in [-0.2, -0.15) is 13.2 Å². The van der Waals surface area contributed by atoms with Gasteiger partial charge in [0.15, 0.2) is 0 Å². The predicted octanol–water partition coefficient (Wildman–Crippen LogP) is 1.34. The van der Waals surface area contributed by atoms with Gasteiger partial charge in [-0.05, 0) is 18.6 Å². The number of ether oxygens (including phenoxy) is 1. The summed E-state index contributed by atoms with van der Waals surface area (Å²) in [7, 11) is 0. The molecule has 1 aromatic rings. The maximum atomic E-state index is 12.3. The Hall–Kier alpha value is -1.18. The van der Waals surface area contributed by atoms with Crippen molar-refractivity contribution in [2.75, 3.05) is 13.2 Å². The Morgan fingerprint density at radius 2 is 2.21 bits per heavy atom. The van der Waals surface area contributed by atoms with Crippen molar-refractivity contribution in [2.45, 2.75) is 31.3 Å². The van der Waals surface area contributed by atoms with E-state index in [2.05, 4.69) is 10.3 Å². The summed E-state index contributed by atoms with van der Waals surface area (Å²) in [5, 5.41) is 12.7. The number of nitrogens with zero attached hydrogens (tertiary/aromatic N) is 1. The first-order valence-electron chi connectivity index (χ1n) is 5.98. The van der Waals surface area contributed by atoms with Gasteiger partial charge in [-0.25, -0.2) is 0 Å². The molecule has 0 aromatic carbocycles. The van der Waals surface area contributed by atoms with E-state index in [0.29, 0.717) is 31.9 Å². The highest BCUT2D eigenvalue weighted by molar-refractivity contribution is 5.16. The number of aliphatic hydroxyl groups excluding tert-OH is 1. The van der Waals surface area contributed by atoms with Crippen molar-refractivity contribution in [3.05, 3.63) is 29.6 Å². The lowest BCUT2D eigenvalue weighted by molar-refractivity contribution is -0.137. The number of pyridine rings is 1. The first-order valence-corrected chi connectivity index (χ1v) is 5.98. The van der Waals surface area contributed by atoms with Crippen molar-refractivity contribution < 1.29 is 23.0 Å². The molecule has 7 heteroatoms. The first kappa shape index (κ1) is 14.2. The Bertz CT molecular complexity index is 408. The summed E-state index contributed by atoms with van der Waals surface area (Å²) >= 11 is 0. The number of halogens is 3. The van der Waals surface area contributed by atoms with Crippen LogP contribution in [0.2, 0.25) is 0 Å². The van der Waals surface area contributed by atoms with Crippen LogP contribution in [0.15, 0.2) is 18.3 Å². The molecular weight excluding hydrogens is 261 g/mol. The molecule has 1 aliphatic rings. The molecule has 106 valence electrons. The van der Waals surface area contributed by atoms with E-state index in [1.165, 1.54) is 6.07 Å². The van der Waals surface area contributed by atoms with E-state index in [1.54, 1.807) is 0 Å². The van der Waals surface area contributed by atoms with E-state index in [0.717, 1.165) is 12.3 Å². The van der Waals surface area contributed by atoms with Crippen LogP contribution >= 0.6 is 0 Å². The van der Waals surface area contributed by atoms with E-state index >= 15 is 0 Å². The number of aromatic nitrogens is 1. The predicted molar refractivity (Wildman–Crippen MR) is 61.3 cm³/mol. The largest absolute Gasteiger partial charge is 0.417 e. The van der Waals surface area contributed by atoms with Gasteiger partial charge in [0.05, 0.1) is 30.0 Å². The molecule has 0 aliphatic carbocycles. The summed E-state index contributed by atoms with van der Waals surface area (Å²) < 4.78 is 42.2. The molecule has 19 heavy (non-hydrogen) atoms. The smallest absolute Gasteiger partial charge is 0.391 e. The molecular formula is C12H15F3N2O2. The van der Waals surface area contributed by atoms with Crippen molar-refractivity contribution in [1.82, 2.24) is 10.3 Å². The molecule has 1 aliphatic heterocycles. The van der Waals surface area contributed by atoms with Crippen LogP contribution in [0.3, 0.4) is 0 Å². The number of hydrogen-bond acceptors (Lipinski definition) is 4. The zero-order chi connectivity index (χ0) is 13.9. The zero-order valence-corrected chi connectivity index (χ0v) is 10.2. The van der Waals surface area contributed by atoms with Crippen molar-refractivity contribution >= 4 is 0 Å². The molecule has 1 aromatic heterocycles. The standard InChI is InChI=1S/C12H15F3N2O2/c13-12(14,15)8-1-2-9(16-5-8)6-17-10-7-19-4-3-11(10)18/h1-2,5,10-11,17-18H,3-4,6-7H2/t10-,11-/m1/s1. The molecule has 1 saturated heterocycles. The van der Waals surface area contributed by atoms with Crippen molar-refractivity contribution in [3.8, 4) is 0 Å². The van der Waals surface area contributed by atoms with Gasteiger partial charge in [-0.3, -0.25) is 4.98 Å². The zero-order valence-electron chi connectivity index (χ0n) is 10.2. The van der Waals surface area contributed by atoms with Gasteiger partial charge in [0.1, 0.15) is 0 Å². The van der Waals surface area contributed by atoms with E-state index < -0.39 is 17.8 Å². The maximum Gasteiger partial charge on any atom is 0.417 e. The van der Waals surface area contributed by atoms with Gasteiger partial charge < -0.3 is 15.2 Å². The molecule has 1 fully saturated rings. The molecule has 2 rings (SSSR count). The SMILES string of the molecule is O[C@@H]1CCOC[C@H]1NCc1ccc(C(F)(F)F)cn1. The van der Waals surface area contributed by atoms with E-state index in [1.807, 2.05) is 0 Å². The highest BCUT2D eigenvalue weighted by Crippen LogP contribution is 2.28. The van der Waals surface area contributed by atoms with Crippen molar-refractivity contribution in [2.24, 2.45) is 0 Å². The lowest BCUT2D eigenvalue weighted by Gasteiger charge is -2.28. The summed E-state index contributed by atoms with van der Waals surface area (Å²) in [5.41, 5.74) is -0.275. The molecule has 0 amide bonds. The summed E-state index contributed by atoms with van der Waals surface area (Å²) in [5.74, 6) is 0. The van der Waals surface area contributed by atoms with Gasteiger partial charge in [-0.15, -0.1) is 0 Å². The Balaban J connectivity index is 1.89. The minimum atomic E-state index is -4.37. The third kappa shape index (κ3) is 3.89. The number of rotatable bonds is 3. The van der Waals surface area contributed by atoms with Crippen LogP contribution in [0.25, 0.3) is 0 Å². The molecule has 0 saturated carbocycles. The third-order valence-corrected chi connectivity index (χ3v) is 3.02. The van der Waals surface area contributed by atoms with Crippen LogP contribution in [0.4, 0.5) is 13.2 Å². The molecule has 0 unspecified atom stereocenters. The van der Waals surface area contributed by atoms with E-state index in [9.17, 15) is 18.3 Å². The summed E-state index contributed by atoms with van der Waals surface area (Å²) in [6.45, 7) is 1.21. The molecule has 0 radical (unpaired) electrons. The van der Waals surface area contributed by atoms with Gasteiger partial charge in [0, 0.05) is 19.3 Å². The van der Waals surface area contributed by atoms with Crippen LogP contribution in [0, 0.1) is 0 Å². The monoisotopic (exact) mass is 276 g/mol. The molecule has 2 N–H and O–H groups in total. The van der Waals surface area contributed by atoms with Crippen molar-refractivity contribution in [3.63, 3.8) is 0 Å². The van der Waals surface area contributed by atoms with Crippen LogP contribution in [-0.2, 0) is 17.5 Å². The number of nitrogens with one attached hydrogen (secondary N) is 1. The summed E-state index contributed by atoms with van der Waals surface area (Å²) in [6.07, 6.45) is -3.50. The second-order valence-electron chi connectivity index (χ2n) is 4.45. The topological polar surface area (TPSA) is 54.4 Å². The van der Waals surface area contributed by atoms with Gasteiger partial charge in [0.2, 0.25) is 0 Å². The quantitative estimate of drug-likeness (QED) is 0.874. The lowest BCUT2D eigenvalue weighted by atomic mass is 10.1. The van der Waals surface area contributed by atoms with E-state index in [-0.39, 0.29) is 6.04 Å². The second kappa shape index (κ2) is 5.85. The molecule has 0 bridgehead atoms. The Morgan fingerprint density at radius 3 is 2.79 bits per heavy atom. The number of hydrogen-bond donors (Lipinski definition) is 2. The third-order valence-electron chi connectivity index (χ3n) is 3.02. The fraction of sp³-hybridized carbons (Fsp3) is 0.583. The normalized spacial score (nSPS) is 24.4. The van der Waals surface area contributed by atoms with Crippen molar-refractivity contribution in [1.29, 1.82) is 0 Å². The fourth-order valence-corrected chi connectivity index (χ4v) is 1.85. The Kier molecular flexibility index (Phi) is 4.38. The maximum absolute atomic E-state index is 12.3. The minimum Gasteiger partial charge on any atom is -0.391 e. The van der Waals surface area contributed by atoms with E-state index in [4.69, 9.17) is 4.74 Å². The van der Waals surface area contributed by atoms with Gasteiger partial charge in [0.25, 0.3) is 0 Å². The first-order chi connectivity index (χ1) is 8.97. The minimum absolute atomic E-state index is 0.210. The number of alkyl halides is 3. The fourth-order valence-electron chi connectivity index (χ4n) is 1.85. The number of aliphatic hydroxyl groups is 1. The van der Waals surface area contributed by atoms with Gasteiger partial charge >= 0.3 is 6.18 Å².